The Hall–Kier alpha value is -1.16. The first-order valence-corrected chi connectivity index (χ1v) is 6.03. The van der Waals surface area contributed by atoms with Crippen LogP contribution in [0.5, 0.6) is 5.75 Å². The molecule has 1 aliphatic carbocycles. The van der Waals surface area contributed by atoms with Crippen LogP contribution in [0.2, 0.25) is 0 Å². The average molecular weight is 241 g/mol. The quantitative estimate of drug-likeness (QED) is 0.808. The summed E-state index contributed by atoms with van der Waals surface area (Å²) < 4.78 is 31.6. The maximum atomic E-state index is 13.0. The van der Waals surface area contributed by atoms with Crippen LogP contribution in [0, 0.1) is 11.6 Å². The lowest BCUT2D eigenvalue weighted by Gasteiger charge is -2.22. The minimum atomic E-state index is -0.623. The molecule has 4 heteroatoms. The molecule has 1 fully saturated rings. The highest BCUT2D eigenvalue weighted by atomic mass is 19.1. The van der Waals surface area contributed by atoms with Gasteiger partial charge in [-0.05, 0) is 19.3 Å². The van der Waals surface area contributed by atoms with Crippen LogP contribution in [0.3, 0.4) is 0 Å². The molecular formula is C13H17F2NO. The number of benzene rings is 1. The number of ether oxygens (including phenoxy) is 1. The van der Waals surface area contributed by atoms with E-state index >= 15 is 0 Å². The Morgan fingerprint density at radius 3 is 2.35 bits per heavy atom. The van der Waals surface area contributed by atoms with Crippen molar-refractivity contribution in [2.75, 3.05) is 0 Å². The standard InChI is InChI=1S/C13H17F2NO/c14-9-6-10(15)8-11(7-9)17-13-5-3-1-2-4-12(13)16/h6-8,12-13H,1-5,16H2. The molecule has 0 spiro atoms. The van der Waals surface area contributed by atoms with Gasteiger partial charge < -0.3 is 10.5 Å². The van der Waals surface area contributed by atoms with E-state index in [9.17, 15) is 8.78 Å². The van der Waals surface area contributed by atoms with Crippen molar-refractivity contribution < 1.29 is 13.5 Å². The van der Waals surface area contributed by atoms with Gasteiger partial charge in [0.1, 0.15) is 23.5 Å². The lowest BCUT2D eigenvalue weighted by atomic mass is 10.1. The summed E-state index contributed by atoms with van der Waals surface area (Å²) in [5.41, 5.74) is 5.99. The molecule has 1 aromatic carbocycles. The maximum Gasteiger partial charge on any atom is 0.129 e. The molecule has 2 rings (SSSR count). The van der Waals surface area contributed by atoms with Crippen LogP contribution >= 0.6 is 0 Å². The summed E-state index contributed by atoms with van der Waals surface area (Å²) in [5, 5.41) is 0. The number of nitrogens with two attached hydrogens (primary N) is 1. The van der Waals surface area contributed by atoms with E-state index in [1.54, 1.807) is 0 Å². The Bertz CT molecular complexity index is 363. The Balaban J connectivity index is 2.07. The molecule has 0 aliphatic heterocycles. The Morgan fingerprint density at radius 2 is 1.65 bits per heavy atom. The SMILES string of the molecule is NC1CCCCCC1Oc1cc(F)cc(F)c1. The molecule has 1 aromatic rings. The number of hydrogen-bond donors (Lipinski definition) is 1. The minimum Gasteiger partial charge on any atom is -0.489 e. The van der Waals surface area contributed by atoms with Crippen molar-refractivity contribution in [2.45, 2.75) is 44.2 Å². The summed E-state index contributed by atoms with van der Waals surface area (Å²) in [7, 11) is 0. The van der Waals surface area contributed by atoms with Gasteiger partial charge in [-0.2, -0.15) is 0 Å². The van der Waals surface area contributed by atoms with E-state index in [1.165, 1.54) is 12.1 Å². The summed E-state index contributed by atoms with van der Waals surface area (Å²) in [4.78, 5) is 0. The smallest absolute Gasteiger partial charge is 0.129 e. The molecule has 0 bridgehead atoms. The van der Waals surface area contributed by atoms with E-state index in [4.69, 9.17) is 10.5 Å². The number of rotatable bonds is 2. The van der Waals surface area contributed by atoms with E-state index in [2.05, 4.69) is 0 Å². The first-order valence-electron chi connectivity index (χ1n) is 6.03. The Morgan fingerprint density at radius 1 is 1.00 bits per heavy atom. The Labute approximate surface area is 99.8 Å². The van der Waals surface area contributed by atoms with Crippen LogP contribution in [0.15, 0.2) is 18.2 Å². The molecule has 2 unspecified atom stereocenters. The predicted molar refractivity (Wildman–Crippen MR) is 61.8 cm³/mol. The third-order valence-corrected chi connectivity index (χ3v) is 3.13. The second kappa shape index (κ2) is 5.45. The fourth-order valence-electron chi connectivity index (χ4n) is 2.22. The van der Waals surface area contributed by atoms with Gasteiger partial charge in [0.15, 0.2) is 0 Å². The lowest BCUT2D eigenvalue weighted by Crippen LogP contribution is -2.37. The highest BCUT2D eigenvalue weighted by Gasteiger charge is 2.22. The van der Waals surface area contributed by atoms with Gasteiger partial charge in [0.25, 0.3) is 0 Å². The van der Waals surface area contributed by atoms with Gasteiger partial charge in [0.2, 0.25) is 0 Å². The summed E-state index contributed by atoms with van der Waals surface area (Å²) in [5.74, 6) is -1.02. The van der Waals surface area contributed by atoms with Gasteiger partial charge in [-0.15, -0.1) is 0 Å². The van der Waals surface area contributed by atoms with E-state index in [0.29, 0.717) is 0 Å². The summed E-state index contributed by atoms with van der Waals surface area (Å²) in [6, 6.07) is 3.17. The van der Waals surface area contributed by atoms with Crippen molar-refractivity contribution in [3.05, 3.63) is 29.8 Å². The second-order valence-electron chi connectivity index (χ2n) is 4.56. The van der Waals surface area contributed by atoms with Gasteiger partial charge >= 0.3 is 0 Å². The predicted octanol–water partition coefficient (Wildman–Crippen LogP) is 3.00. The van der Waals surface area contributed by atoms with Gasteiger partial charge in [-0.25, -0.2) is 8.78 Å². The second-order valence-corrected chi connectivity index (χ2v) is 4.56. The monoisotopic (exact) mass is 241 g/mol. The normalized spacial score (nSPS) is 25.4. The number of halogens is 2. The van der Waals surface area contributed by atoms with Gasteiger partial charge in [0, 0.05) is 24.2 Å². The largest absolute Gasteiger partial charge is 0.489 e. The zero-order valence-corrected chi connectivity index (χ0v) is 9.66. The molecular weight excluding hydrogens is 224 g/mol. The van der Waals surface area contributed by atoms with Crippen molar-refractivity contribution >= 4 is 0 Å². The van der Waals surface area contributed by atoms with Crippen LogP contribution < -0.4 is 10.5 Å². The number of hydrogen-bond acceptors (Lipinski definition) is 2. The highest BCUT2D eigenvalue weighted by molar-refractivity contribution is 5.24. The maximum absolute atomic E-state index is 13.0. The molecule has 2 atom stereocenters. The van der Waals surface area contributed by atoms with Crippen molar-refractivity contribution in [1.82, 2.24) is 0 Å². The van der Waals surface area contributed by atoms with Gasteiger partial charge in [-0.1, -0.05) is 12.8 Å². The van der Waals surface area contributed by atoms with E-state index < -0.39 is 11.6 Å². The first kappa shape index (κ1) is 12.3. The molecule has 0 aromatic heterocycles. The third-order valence-electron chi connectivity index (χ3n) is 3.13. The molecule has 2 nitrogen and oxygen atoms in total. The zero-order valence-electron chi connectivity index (χ0n) is 9.66. The molecule has 1 aliphatic rings. The molecule has 0 amide bonds. The van der Waals surface area contributed by atoms with Crippen LogP contribution in [0.1, 0.15) is 32.1 Å². The van der Waals surface area contributed by atoms with E-state index in [1.807, 2.05) is 0 Å². The van der Waals surface area contributed by atoms with Crippen molar-refractivity contribution in [1.29, 1.82) is 0 Å². The first-order chi connectivity index (χ1) is 8.15. The summed E-state index contributed by atoms with van der Waals surface area (Å²) >= 11 is 0. The van der Waals surface area contributed by atoms with E-state index in [-0.39, 0.29) is 17.9 Å². The fraction of sp³-hybridized carbons (Fsp3) is 0.538. The molecule has 0 heterocycles. The molecule has 94 valence electrons. The van der Waals surface area contributed by atoms with Crippen molar-refractivity contribution in [2.24, 2.45) is 5.73 Å². The molecule has 17 heavy (non-hydrogen) atoms. The molecule has 0 radical (unpaired) electrons. The summed E-state index contributed by atoms with van der Waals surface area (Å²) in [6.07, 6.45) is 4.90. The molecule has 2 N–H and O–H groups in total. The van der Waals surface area contributed by atoms with Gasteiger partial charge in [0.05, 0.1) is 0 Å². The Kier molecular flexibility index (Phi) is 3.94. The van der Waals surface area contributed by atoms with Crippen LogP contribution in [0.4, 0.5) is 8.78 Å². The van der Waals surface area contributed by atoms with Gasteiger partial charge in [-0.3, -0.25) is 0 Å². The lowest BCUT2D eigenvalue weighted by molar-refractivity contribution is 0.161. The van der Waals surface area contributed by atoms with E-state index in [0.717, 1.165) is 38.2 Å². The third kappa shape index (κ3) is 3.40. The topological polar surface area (TPSA) is 35.2 Å². The van der Waals surface area contributed by atoms with Crippen LogP contribution in [-0.4, -0.2) is 12.1 Å². The van der Waals surface area contributed by atoms with Crippen LogP contribution in [0.25, 0.3) is 0 Å². The fourth-order valence-corrected chi connectivity index (χ4v) is 2.22. The molecule has 1 saturated carbocycles. The minimum absolute atomic E-state index is 0.0520. The molecule has 0 saturated heterocycles. The van der Waals surface area contributed by atoms with Crippen molar-refractivity contribution in [3.8, 4) is 5.75 Å². The van der Waals surface area contributed by atoms with Crippen molar-refractivity contribution in [3.63, 3.8) is 0 Å². The average Bonchev–Trinajstić information content (AvgIpc) is 2.43. The van der Waals surface area contributed by atoms with Crippen LogP contribution in [-0.2, 0) is 0 Å². The summed E-state index contributed by atoms with van der Waals surface area (Å²) in [6.45, 7) is 0. The highest BCUT2D eigenvalue weighted by Crippen LogP contribution is 2.23. The zero-order chi connectivity index (χ0) is 12.3.